The van der Waals surface area contributed by atoms with Crippen molar-refractivity contribution in [3.8, 4) is 0 Å². The van der Waals surface area contributed by atoms with Gasteiger partial charge in [-0.1, -0.05) is 180 Å². The van der Waals surface area contributed by atoms with Gasteiger partial charge in [-0.15, -0.1) is 0 Å². The van der Waals surface area contributed by atoms with Crippen molar-refractivity contribution in [3.63, 3.8) is 0 Å². The molecule has 0 aliphatic heterocycles. The van der Waals surface area contributed by atoms with E-state index in [2.05, 4.69) is 26.0 Å². The van der Waals surface area contributed by atoms with E-state index in [1.165, 1.54) is 141 Å². The molecule has 0 aromatic carbocycles. The van der Waals surface area contributed by atoms with Gasteiger partial charge in [0.2, 0.25) is 0 Å². The summed E-state index contributed by atoms with van der Waals surface area (Å²) in [7, 11) is -4.51. The number of hydrogen-bond acceptors (Lipinski definition) is 8. The maximum Gasteiger partial charge on any atom is 0.472 e. The highest BCUT2D eigenvalue weighted by atomic mass is 31.2. The van der Waals surface area contributed by atoms with Gasteiger partial charge in [-0.3, -0.25) is 13.8 Å². The lowest BCUT2D eigenvalue weighted by Gasteiger charge is -2.20. The van der Waals surface area contributed by atoms with Gasteiger partial charge < -0.3 is 24.6 Å². The second kappa shape index (κ2) is 40.9. The van der Waals surface area contributed by atoms with Crippen LogP contribution in [0.25, 0.3) is 0 Å². The van der Waals surface area contributed by atoms with Crippen LogP contribution in [0.15, 0.2) is 12.2 Å². The first-order valence-electron chi connectivity index (χ1n) is 22.2. The van der Waals surface area contributed by atoms with E-state index in [0.29, 0.717) is 6.61 Å². The molecule has 3 N–H and O–H groups in total. The van der Waals surface area contributed by atoms with E-state index in [-0.39, 0.29) is 25.6 Å². The number of carbonyl (C=O) groups excluding carboxylic acids is 1. The van der Waals surface area contributed by atoms with Crippen molar-refractivity contribution in [1.29, 1.82) is 0 Å². The molecule has 3 atom stereocenters. The molecule has 0 heterocycles. The smallest absolute Gasteiger partial charge is 0.457 e. The molecule has 0 fully saturated rings. The lowest BCUT2D eigenvalue weighted by molar-refractivity contribution is -0.154. The van der Waals surface area contributed by atoms with Crippen LogP contribution >= 0.6 is 7.82 Å². The Hall–Kier alpha value is -0.800. The van der Waals surface area contributed by atoms with Crippen molar-refractivity contribution in [2.24, 2.45) is 0 Å². The van der Waals surface area contributed by atoms with Crippen molar-refractivity contribution in [2.75, 3.05) is 33.0 Å². The largest absolute Gasteiger partial charge is 0.472 e. The SMILES string of the molecule is CCCCCCC/C=C\CCCCCCCC(=O)O[C@H](COCCCCCCCCCCCCCCCCCCCC)COP(=O)(O)OC[C@@H](O)CO. The van der Waals surface area contributed by atoms with E-state index in [9.17, 15) is 19.4 Å². The third-order valence-corrected chi connectivity index (χ3v) is 10.7. The lowest BCUT2D eigenvalue weighted by atomic mass is 10.0. The minimum atomic E-state index is -4.51. The zero-order valence-corrected chi connectivity index (χ0v) is 35.4. The molecule has 0 bridgehead atoms. The Morgan fingerprint density at radius 3 is 1.42 bits per heavy atom. The predicted molar refractivity (Wildman–Crippen MR) is 219 cm³/mol. The molecule has 0 amide bonds. The molecular weight excluding hydrogens is 691 g/mol. The van der Waals surface area contributed by atoms with Gasteiger partial charge in [0.05, 0.1) is 26.4 Å². The zero-order chi connectivity index (χ0) is 38.9. The predicted octanol–water partition coefficient (Wildman–Crippen LogP) is 12.1. The fourth-order valence-electron chi connectivity index (χ4n) is 6.29. The first-order chi connectivity index (χ1) is 25.8. The Morgan fingerprint density at radius 1 is 0.566 bits per heavy atom. The summed E-state index contributed by atoms with van der Waals surface area (Å²) in [5, 5.41) is 18.3. The topological polar surface area (TPSA) is 132 Å². The van der Waals surface area contributed by atoms with E-state index in [1.54, 1.807) is 0 Å². The summed E-state index contributed by atoms with van der Waals surface area (Å²) in [4.78, 5) is 22.6. The number of phosphoric ester groups is 1. The van der Waals surface area contributed by atoms with Crippen molar-refractivity contribution >= 4 is 13.8 Å². The summed E-state index contributed by atoms with van der Waals surface area (Å²) >= 11 is 0. The number of phosphoric acid groups is 1. The molecule has 53 heavy (non-hydrogen) atoms. The fourth-order valence-corrected chi connectivity index (χ4v) is 7.08. The first kappa shape index (κ1) is 52.2. The molecule has 0 aliphatic rings. The van der Waals surface area contributed by atoms with E-state index in [4.69, 9.17) is 23.6 Å². The van der Waals surface area contributed by atoms with Gasteiger partial charge >= 0.3 is 13.8 Å². The van der Waals surface area contributed by atoms with Gasteiger partial charge in [0.25, 0.3) is 0 Å². The Kier molecular flexibility index (Phi) is 40.2. The van der Waals surface area contributed by atoms with Crippen LogP contribution in [0.2, 0.25) is 0 Å². The van der Waals surface area contributed by atoms with Crippen molar-refractivity contribution in [1.82, 2.24) is 0 Å². The summed E-state index contributed by atoms with van der Waals surface area (Å²) in [6.07, 6.45) is 40.2. The van der Waals surface area contributed by atoms with Crippen LogP contribution in [-0.2, 0) is 27.9 Å². The van der Waals surface area contributed by atoms with Gasteiger partial charge in [0.15, 0.2) is 0 Å². The molecule has 0 rings (SSSR count). The molecule has 0 aromatic rings. The van der Waals surface area contributed by atoms with Crippen LogP contribution in [0.1, 0.15) is 213 Å². The number of allylic oxidation sites excluding steroid dienone is 2. The van der Waals surface area contributed by atoms with Crippen LogP contribution in [0.3, 0.4) is 0 Å². The van der Waals surface area contributed by atoms with Crippen LogP contribution in [0.4, 0.5) is 0 Å². The van der Waals surface area contributed by atoms with E-state index in [0.717, 1.165) is 51.4 Å². The number of unbranched alkanes of at least 4 members (excludes halogenated alkanes) is 27. The normalized spacial score (nSPS) is 14.1. The summed E-state index contributed by atoms with van der Waals surface area (Å²) in [6, 6.07) is 0. The lowest BCUT2D eigenvalue weighted by Crippen LogP contribution is -2.29. The molecule has 0 aromatic heterocycles. The molecule has 1 unspecified atom stereocenters. The summed E-state index contributed by atoms with van der Waals surface area (Å²) in [5.41, 5.74) is 0. The molecule has 0 aliphatic carbocycles. The van der Waals surface area contributed by atoms with E-state index < -0.39 is 33.2 Å². The number of carbonyl (C=O) groups is 1. The standard InChI is InChI=1S/C43H85O9P/c1-3-5-7-9-11-13-15-17-19-20-21-22-24-26-28-30-32-34-36-49-39-42(40-51-53(47,48)50-38-41(45)37-44)52-43(46)35-33-31-29-27-25-23-18-16-14-12-10-8-6-4-2/h16,18,41-42,44-45H,3-15,17,19-40H2,1-2H3,(H,47,48)/b18-16-/t41-,42+/m0/s1. The van der Waals surface area contributed by atoms with E-state index in [1.807, 2.05) is 0 Å². The summed E-state index contributed by atoms with van der Waals surface area (Å²) in [5.74, 6) is -0.387. The van der Waals surface area contributed by atoms with Gasteiger partial charge in [-0.05, 0) is 38.5 Å². The average molecular weight is 777 g/mol. The number of aliphatic hydroxyl groups is 2. The Bertz CT molecular complexity index is 841. The maximum atomic E-state index is 12.6. The number of hydrogen-bond donors (Lipinski definition) is 3. The zero-order valence-electron chi connectivity index (χ0n) is 34.5. The quantitative estimate of drug-likeness (QED) is 0.0240. The van der Waals surface area contributed by atoms with Gasteiger partial charge in [-0.2, -0.15) is 0 Å². The number of esters is 1. The number of aliphatic hydroxyl groups excluding tert-OH is 2. The second-order valence-electron chi connectivity index (χ2n) is 15.1. The van der Waals surface area contributed by atoms with Crippen LogP contribution in [0.5, 0.6) is 0 Å². The highest BCUT2D eigenvalue weighted by molar-refractivity contribution is 7.47. The Morgan fingerprint density at radius 2 is 0.962 bits per heavy atom. The van der Waals surface area contributed by atoms with Crippen LogP contribution in [0, 0.1) is 0 Å². The molecule has 316 valence electrons. The maximum absolute atomic E-state index is 12.6. The van der Waals surface area contributed by atoms with Gasteiger partial charge in [-0.25, -0.2) is 4.57 Å². The highest BCUT2D eigenvalue weighted by Gasteiger charge is 2.26. The average Bonchev–Trinajstić information content (AvgIpc) is 3.15. The Balaban J connectivity index is 4.12. The molecule has 0 spiro atoms. The monoisotopic (exact) mass is 777 g/mol. The van der Waals surface area contributed by atoms with Gasteiger partial charge in [0.1, 0.15) is 12.2 Å². The minimum absolute atomic E-state index is 0.0518. The molecule has 9 nitrogen and oxygen atoms in total. The van der Waals surface area contributed by atoms with Gasteiger partial charge in [0, 0.05) is 13.0 Å². The molecule has 10 heteroatoms. The first-order valence-corrected chi connectivity index (χ1v) is 23.7. The molecular formula is C43H85O9P. The van der Waals surface area contributed by atoms with Crippen molar-refractivity contribution in [3.05, 3.63) is 12.2 Å². The van der Waals surface area contributed by atoms with Crippen molar-refractivity contribution in [2.45, 2.75) is 225 Å². The van der Waals surface area contributed by atoms with Crippen LogP contribution in [-0.4, -0.2) is 66.3 Å². The second-order valence-corrected chi connectivity index (χ2v) is 16.5. The molecule has 0 saturated carbocycles. The number of rotatable bonds is 43. The summed E-state index contributed by atoms with van der Waals surface area (Å²) in [6.45, 7) is 3.54. The van der Waals surface area contributed by atoms with Crippen LogP contribution < -0.4 is 0 Å². The fraction of sp³-hybridized carbons (Fsp3) is 0.930. The molecule has 0 radical (unpaired) electrons. The number of ether oxygens (including phenoxy) is 2. The summed E-state index contributed by atoms with van der Waals surface area (Å²) < 4.78 is 33.4. The minimum Gasteiger partial charge on any atom is -0.457 e. The molecule has 0 saturated heterocycles. The third kappa shape index (κ3) is 40.7. The third-order valence-electron chi connectivity index (χ3n) is 9.70. The van der Waals surface area contributed by atoms with Crippen molar-refractivity contribution < 1.29 is 43.0 Å². The Labute approximate surface area is 326 Å². The highest BCUT2D eigenvalue weighted by Crippen LogP contribution is 2.43. The van der Waals surface area contributed by atoms with E-state index >= 15 is 0 Å².